The molecule has 0 spiro atoms. The zero-order valence-electron chi connectivity index (χ0n) is 13.1. The van der Waals surface area contributed by atoms with Crippen molar-refractivity contribution in [1.29, 1.82) is 0 Å². The van der Waals surface area contributed by atoms with Crippen molar-refractivity contribution in [3.05, 3.63) is 80.7 Å². The van der Waals surface area contributed by atoms with E-state index in [2.05, 4.69) is 4.98 Å². The van der Waals surface area contributed by atoms with Gasteiger partial charge in [0.05, 0.1) is 16.1 Å². The summed E-state index contributed by atoms with van der Waals surface area (Å²) >= 11 is 13.0. The first kappa shape index (κ1) is 18.4. The molecule has 0 aliphatic rings. The van der Waals surface area contributed by atoms with Gasteiger partial charge in [-0.25, -0.2) is 8.42 Å². The molecule has 0 amide bonds. The number of sulfonamides is 1. The highest BCUT2D eigenvalue weighted by Gasteiger charge is 2.33. The Morgan fingerprint density at radius 1 is 1.08 bits per heavy atom. The topological polar surface area (TPSA) is 50.3 Å². The number of benzene rings is 1. The van der Waals surface area contributed by atoms with E-state index < -0.39 is 16.1 Å². The lowest BCUT2D eigenvalue weighted by atomic mass is 10.0. The predicted octanol–water partition coefficient (Wildman–Crippen LogP) is 4.86. The van der Waals surface area contributed by atoms with Gasteiger partial charge in [0.15, 0.2) is 0 Å². The van der Waals surface area contributed by atoms with Gasteiger partial charge in [0, 0.05) is 13.2 Å². The third-order valence-electron chi connectivity index (χ3n) is 3.73. The van der Waals surface area contributed by atoms with Gasteiger partial charge in [0.25, 0.3) is 0 Å². The molecule has 130 valence electrons. The molecule has 25 heavy (non-hydrogen) atoms. The Labute approximate surface area is 160 Å². The van der Waals surface area contributed by atoms with E-state index in [1.807, 2.05) is 36.4 Å². The Bertz CT molecular complexity index is 921. The molecule has 4 nitrogen and oxygen atoms in total. The molecule has 0 aliphatic carbocycles. The molecule has 0 saturated heterocycles. The van der Waals surface area contributed by atoms with Crippen LogP contribution in [0.15, 0.2) is 65.7 Å². The minimum Gasteiger partial charge on any atom is -0.259 e. The Morgan fingerprint density at radius 3 is 2.32 bits per heavy atom. The van der Waals surface area contributed by atoms with Crippen LogP contribution in [0.3, 0.4) is 0 Å². The van der Waals surface area contributed by atoms with E-state index in [1.54, 1.807) is 18.3 Å². The summed E-state index contributed by atoms with van der Waals surface area (Å²) in [6.45, 7) is 0. The molecule has 1 aromatic carbocycles. The number of hydrogen-bond donors (Lipinski definition) is 0. The summed E-state index contributed by atoms with van der Waals surface area (Å²) in [5.74, 6) is 0. The number of halogens is 2. The molecule has 3 aromatic rings. The van der Waals surface area contributed by atoms with Crippen LogP contribution in [0.2, 0.25) is 8.67 Å². The van der Waals surface area contributed by atoms with Gasteiger partial charge in [-0.05, 0) is 23.8 Å². The standard InChI is InChI=1S/C17H14Cl2N2O2S2/c1-21(25(22,23)14-11-15(18)24-17(14)19)16(12-7-3-2-4-8-12)13-9-5-6-10-20-13/h2-11,16H,1H3. The van der Waals surface area contributed by atoms with Gasteiger partial charge in [-0.15, -0.1) is 11.3 Å². The van der Waals surface area contributed by atoms with E-state index in [-0.39, 0.29) is 9.23 Å². The molecule has 0 saturated carbocycles. The maximum Gasteiger partial charge on any atom is 0.246 e. The first-order chi connectivity index (χ1) is 11.9. The third kappa shape index (κ3) is 3.73. The summed E-state index contributed by atoms with van der Waals surface area (Å²) in [7, 11) is -2.34. The quantitative estimate of drug-likeness (QED) is 0.600. The van der Waals surface area contributed by atoms with Gasteiger partial charge in [-0.2, -0.15) is 4.31 Å². The fraction of sp³-hybridized carbons (Fsp3) is 0.118. The molecule has 0 aliphatic heterocycles. The van der Waals surface area contributed by atoms with E-state index in [9.17, 15) is 8.42 Å². The van der Waals surface area contributed by atoms with Crippen molar-refractivity contribution in [1.82, 2.24) is 9.29 Å². The molecular formula is C17H14Cl2N2O2S2. The van der Waals surface area contributed by atoms with E-state index in [0.717, 1.165) is 16.9 Å². The number of rotatable bonds is 5. The second-order valence-corrected chi connectivity index (χ2v) is 9.53. The monoisotopic (exact) mass is 412 g/mol. The van der Waals surface area contributed by atoms with Crippen LogP contribution < -0.4 is 0 Å². The van der Waals surface area contributed by atoms with Gasteiger partial charge in [0.2, 0.25) is 10.0 Å². The van der Waals surface area contributed by atoms with Crippen LogP contribution in [0.25, 0.3) is 0 Å². The molecule has 8 heteroatoms. The number of thiophene rings is 1. The average Bonchev–Trinajstić information content (AvgIpc) is 2.96. The summed E-state index contributed by atoms with van der Waals surface area (Å²) in [5.41, 5.74) is 1.43. The highest BCUT2D eigenvalue weighted by molar-refractivity contribution is 7.89. The molecule has 2 heterocycles. The molecular weight excluding hydrogens is 399 g/mol. The molecule has 1 unspecified atom stereocenters. The van der Waals surface area contributed by atoms with Gasteiger partial charge in [-0.1, -0.05) is 59.6 Å². The zero-order chi connectivity index (χ0) is 18.0. The average molecular weight is 413 g/mol. The minimum atomic E-state index is -3.86. The van der Waals surface area contributed by atoms with Crippen molar-refractivity contribution in [3.63, 3.8) is 0 Å². The second-order valence-electron chi connectivity index (χ2n) is 5.28. The highest BCUT2D eigenvalue weighted by Crippen LogP contribution is 2.38. The van der Waals surface area contributed by atoms with E-state index in [4.69, 9.17) is 23.2 Å². The lowest BCUT2D eigenvalue weighted by molar-refractivity contribution is 0.412. The number of pyridine rings is 1. The van der Waals surface area contributed by atoms with Crippen LogP contribution in [0, 0.1) is 0 Å². The molecule has 0 radical (unpaired) electrons. The third-order valence-corrected chi connectivity index (χ3v) is 7.31. The summed E-state index contributed by atoms with van der Waals surface area (Å²) in [5, 5.41) is 0. The Morgan fingerprint density at radius 2 is 1.76 bits per heavy atom. The normalized spacial score (nSPS) is 13.1. The number of aromatic nitrogens is 1. The number of nitrogens with zero attached hydrogens (tertiary/aromatic N) is 2. The fourth-order valence-electron chi connectivity index (χ4n) is 2.53. The summed E-state index contributed by atoms with van der Waals surface area (Å²) in [6.07, 6.45) is 1.64. The van der Waals surface area contributed by atoms with Crippen molar-refractivity contribution in [2.75, 3.05) is 7.05 Å². The molecule has 3 rings (SSSR count). The summed E-state index contributed by atoms with van der Waals surface area (Å²) < 4.78 is 28.0. The SMILES string of the molecule is CN(C(c1ccccc1)c1ccccn1)S(=O)(=O)c1cc(Cl)sc1Cl. The van der Waals surface area contributed by atoms with Crippen LogP contribution in [0.5, 0.6) is 0 Å². The van der Waals surface area contributed by atoms with Crippen molar-refractivity contribution in [2.24, 2.45) is 0 Å². The predicted molar refractivity (Wildman–Crippen MR) is 102 cm³/mol. The zero-order valence-corrected chi connectivity index (χ0v) is 16.3. The minimum absolute atomic E-state index is 0.00327. The van der Waals surface area contributed by atoms with Crippen LogP contribution in [0.1, 0.15) is 17.3 Å². The Balaban J connectivity index is 2.12. The van der Waals surface area contributed by atoms with Gasteiger partial charge in [0.1, 0.15) is 9.23 Å². The largest absolute Gasteiger partial charge is 0.259 e. The maximum atomic E-state index is 13.1. The maximum absolute atomic E-state index is 13.1. The van der Waals surface area contributed by atoms with Crippen LogP contribution in [0.4, 0.5) is 0 Å². The second kappa shape index (κ2) is 7.43. The smallest absolute Gasteiger partial charge is 0.246 e. The Kier molecular flexibility index (Phi) is 5.46. The van der Waals surface area contributed by atoms with E-state index in [1.165, 1.54) is 17.4 Å². The van der Waals surface area contributed by atoms with Crippen molar-refractivity contribution < 1.29 is 8.42 Å². The van der Waals surface area contributed by atoms with Crippen molar-refractivity contribution >= 4 is 44.6 Å². The lowest BCUT2D eigenvalue weighted by Crippen LogP contribution is -2.32. The van der Waals surface area contributed by atoms with Crippen molar-refractivity contribution in [2.45, 2.75) is 10.9 Å². The molecule has 2 aromatic heterocycles. The first-order valence-electron chi connectivity index (χ1n) is 7.30. The molecule has 0 bridgehead atoms. The summed E-state index contributed by atoms with van der Waals surface area (Å²) in [4.78, 5) is 4.35. The molecule has 0 N–H and O–H groups in total. The lowest BCUT2D eigenvalue weighted by Gasteiger charge is -2.27. The highest BCUT2D eigenvalue weighted by atomic mass is 35.5. The first-order valence-corrected chi connectivity index (χ1v) is 10.3. The van der Waals surface area contributed by atoms with E-state index in [0.29, 0.717) is 10.0 Å². The van der Waals surface area contributed by atoms with Gasteiger partial charge in [-0.3, -0.25) is 4.98 Å². The van der Waals surface area contributed by atoms with Crippen LogP contribution >= 0.6 is 34.5 Å². The Hall–Kier alpha value is -1.44. The molecule has 1 atom stereocenters. The van der Waals surface area contributed by atoms with Crippen LogP contribution in [-0.2, 0) is 10.0 Å². The van der Waals surface area contributed by atoms with Gasteiger partial charge < -0.3 is 0 Å². The van der Waals surface area contributed by atoms with Crippen LogP contribution in [-0.4, -0.2) is 24.8 Å². The fourth-order valence-corrected chi connectivity index (χ4v) is 5.97. The molecule has 0 fully saturated rings. The number of hydrogen-bond acceptors (Lipinski definition) is 4. The van der Waals surface area contributed by atoms with Crippen molar-refractivity contribution in [3.8, 4) is 0 Å². The summed E-state index contributed by atoms with van der Waals surface area (Å²) in [6, 6.07) is 15.5. The van der Waals surface area contributed by atoms with E-state index >= 15 is 0 Å². The van der Waals surface area contributed by atoms with Gasteiger partial charge >= 0.3 is 0 Å².